The summed E-state index contributed by atoms with van der Waals surface area (Å²) in [6, 6.07) is 0. The number of unbranched alkanes of at least 4 members (excludes halogenated alkanes) is 22. The van der Waals surface area contributed by atoms with Gasteiger partial charge in [0.25, 0.3) is 0 Å². The van der Waals surface area contributed by atoms with Gasteiger partial charge in [-0.1, -0.05) is 208 Å². The summed E-state index contributed by atoms with van der Waals surface area (Å²) in [5.74, 6) is 1.15. The Balaban J connectivity index is 0. The van der Waals surface area contributed by atoms with E-state index in [1.165, 1.54) is 167 Å². The van der Waals surface area contributed by atoms with E-state index >= 15 is 0 Å². The van der Waals surface area contributed by atoms with Crippen LogP contribution in [0.3, 0.4) is 0 Å². The molecule has 0 radical (unpaired) electrons. The molecule has 0 fully saturated rings. The number of rotatable bonds is 36. The van der Waals surface area contributed by atoms with Gasteiger partial charge >= 0.3 is 11.9 Å². The van der Waals surface area contributed by atoms with Gasteiger partial charge in [0, 0.05) is 12.8 Å². The molecule has 0 saturated heterocycles. The van der Waals surface area contributed by atoms with Crippen LogP contribution in [0.5, 0.6) is 0 Å². The van der Waals surface area contributed by atoms with E-state index < -0.39 is 0 Å². The van der Waals surface area contributed by atoms with Crippen molar-refractivity contribution in [2.75, 3.05) is 13.2 Å². The normalized spacial score (nSPS) is 12.3. The maximum atomic E-state index is 11.8. The average molecular weight is 681 g/mol. The summed E-state index contributed by atoms with van der Waals surface area (Å²) in [6.45, 7) is 14.6. The van der Waals surface area contributed by atoms with Crippen LogP contribution in [0.1, 0.15) is 247 Å². The van der Waals surface area contributed by atoms with Crippen molar-refractivity contribution in [1.82, 2.24) is 0 Å². The molecule has 0 amide bonds. The monoisotopic (exact) mass is 681 g/mol. The molecule has 0 saturated carbocycles. The second-order valence-electron chi connectivity index (χ2n) is 14.8. The lowest BCUT2D eigenvalue weighted by Crippen LogP contribution is -2.13. The van der Waals surface area contributed by atoms with Gasteiger partial charge in [-0.25, -0.2) is 0 Å². The lowest BCUT2D eigenvalue weighted by molar-refractivity contribution is -0.146. The molecule has 0 bridgehead atoms. The Labute approximate surface area is 302 Å². The lowest BCUT2D eigenvalue weighted by Gasteiger charge is -2.14. The van der Waals surface area contributed by atoms with E-state index in [0.29, 0.717) is 37.9 Å². The molecule has 0 aromatic heterocycles. The predicted octanol–water partition coefficient (Wildman–Crippen LogP) is 14.9. The number of carbonyl (C=O) groups is 2. The topological polar surface area (TPSA) is 52.6 Å². The van der Waals surface area contributed by atoms with E-state index in [4.69, 9.17) is 9.47 Å². The Morgan fingerprint density at radius 1 is 0.354 bits per heavy atom. The fourth-order valence-corrected chi connectivity index (χ4v) is 6.23. The molecule has 2 unspecified atom stereocenters. The van der Waals surface area contributed by atoms with Crippen molar-refractivity contribution in [3.05, 3.63) is 0 Å². The molecule has 288 valence electrons. The number of hydrogen-bond acceptors (Lipinski definition) is 4. The quantitative estimate of drug-likeness (QED) is 0.0488. The van der Waals surface area contributed by atoms with Crippen molar-refractivity contribution >= 4 is 11.9 Å². The van der Waals surface area contributed by atoms with Crippen molar-refractivity contribution in [2.45, 2.75) is 247 Å². The molecule has 4 heteroatoms. The van der Waals surface area contributed by atoms with Gasteiger partial charge in [0.1, 0.15) is 0 Å². The summed E-state index contributed by atoms with van der Waals surface area (Å²) >= 11 is 0. The molecule has 4 nitrogen and oxygen atoms in total. The minimum atomic E-state index is 0.0119. The molecule has 0 aliphatic rings. The SMILES string of the molecule is CCCCCCCCCCCC(=O)OCC(CC)CCCC.CCCCCCCCCCCCCCCC(=O)OCC(CC)CCCC. The molecule has 2 atom stereocenters. The van der Waals surface area contributed by atoms with E-state index in [1.54, 1.807) is 0 Å². The maximum Gasteiger partial charge on any atom is 0.305 e. The first-order valence-corrected chi connectivity index (χ1v) is 21.8. The fraction of sp³-hybridized carbons (Fsp3) is 0.955. The molecule has 0 N–H and O–H groups in total. The van der Waals surface area contributed by atoms with Crippen molar-refractivity contribution < 1.29 is 19.1 Å². The Morgan fingerprint density at radius 2 is 0.604 bits per heavy atom. The minimum Gasteiger partial charge on any atom is -0.465 e. The predicted molar refractivity (Wildman–Crippen MR) is 211 cm³/mol. The average Bonchev–Trinajstić information content (AvgIpc) is 3.10. The van der Waals surface area contributed by atoms with Gasteiger partial charge < -0.3 is 9.47 Å². The van der Waals surface area contributed by atoms with Crippen LogP contribution in [0.15, 0.2) is 0 Å². The number of hydrogen-bond donors (Lipinski definition) is 0. The molecular formula is C44H88O4. The minimum absolute atomic E-state index is 0.0119. The molecule has 0 aromatic carbocycles. The van der Waals surface area contributed by atoms with Gasteiger partial charge in [0.2, 0.25) is 0 Å². The summed E-state index contributed by atoms with van der Waals surface area (Å²) in [5, 5.41) is 0. The summed E-state index contributed by atoms with van der Waals surface area (Å²) in [6.07, 6.45) is 39.8. The van der Waals surface area contributed by atoms with Crippen LogP contribution >= 0.6 is 0 Å². The zero-order valence-corrected chi connectivity index (χ0v) is 33.8. The van der Waals surface area contributed by atoms with Crippen LogP contribution in [0.2, 0.25) is 0 Å². The highest BCUT2D eigenvalue weighted by molar-refractivity contribution is 5.69. The Hall–Kier alpha value is -1.06. The summed E-state index contributed by atoms with van der Waals surface area (Å²) in [4.78, 5) is 23.5. The van der Waals surface area contributed by atoms with Gasteiger partial charge in [0.05, 0.1) is 13.2 Å². The Bertz CT molecular complexity index is 633. The molecule has 0 aromatic rings. The van der Waals surface area contributed by atoms with Crippen LogP contribution < -0.4 is 0 Å². The Morgan fingerprint density at radius 3 is 0.854 bits per heavy atom. The molecule has 0 heterocycles. The van der Waals surface area contributed by atoms with Crippen molar-refractivity contribution in [2.24, 2.45) is 11.8 Å². The van der Waals surface area contributed by atoms with Crippen LogP contribution in [0, 0.1) is 11.8 Å². The van der Waals surface area contributed by atoms with Crippen LogP contribution in [-0.4, -0.2) is 25.2 Å². The molecule has 0 aliphatic carbocycles. The maximum absolute atomic E-state index is 11.8. The first-order valence-electron chi connectivity index (χ1n) is 21.8. The van der Waals surface area contributed by atoms with Crippen molar-refractivity contribution in [3.63, 3.8) is 0 Å². The van der Waals surface area contributed by atoms with Crippen LogP contribution in [0.4, 0.5) is 0 Å². The molecule has 0 spiro atoms. The van der Waals surface area contributed by atoms with E-state index in [2.05, 4.69) is 41.5 Å². The van der Waals surface area contributed by atoms with Gasteiger partial charge in [-0.15, -0.1) is 0 Å². The highest BCUT2D eigenvalue weighted by Crippen LogP contribution is 2.16. The third kappa shape index (κ3) is 39.4. The molecule has 0 aliphatic heterocycles. The van der Waals surface area contributed by atoms with E-state index in [-0.39, 0.29) is 11.9 Å². The van der Waals surface area contributed by atoms with Gasteiger partial charge in [0.15, 0.2) is 0 Å². The van der Waals surface area contributed by atoms with Gasteiger partial charge in [-0.3, -0.25) is 9.59 Å². The fourth-order valence-electron chi connectivity index (χ4n) is 6.23. The first-order chi connectivity index (χ1) is 23.5. The third-order valence-corrected chi connectivity index (χ3v) is 10.0. The largest absolute Gasteiger partial charge is 0.465 e. The highest BCUT2D eigenvalue weighted by atomic mass is 16.5. The zero-order chi connectivity index (χ0) is 35.8. The highest BCUT2D eigenvalue weighted by Gasteiger charge is 2.11. The van der Waals surface area contributed by atoms with Gasteiger partial charge in [-0.2, -0.15) is 0 Å². The van der Waals surface area contributed by atoms with Gasteiger partial charge in [-0.05, 0) is 37.5 Å². The Kier molecular flexibility index (Phi) is 43.0. The standard InChI is InChI=1S/C24H48O2.C20H40O2/c1-4-7-9-10-11-12-13-14-15-16-17-18-19-21-24(25)26-22-23(6-3)20-8-5-2;1-4-7-9-10-11-12-13-14-15-17-20(21)22-18-19(6-3)16-8-5-2/h23H,4-22H2,1-3H3;19H,4-18H2,1-3H3. The zero-order valence-electron chi connectivity index (χ0n) is 33.8. The van der Waals surface area contributed by atoms with Crippen molar-refractivity contribution in [1.29, 1.82) is 0 Å². The summed E-state index contributed by atoms with van der Waals surface area (Å²) < 4.78 is 10.9. The molecule has 48 heavy (non-hydrogen) atoms. The number of carbonyl (C=O) groups excluding carboxylic acids is 2. The second-order valence-corrected chi connectivity index (χ2v) is 14.8. The van der Waals surface area contributed by atoms with Crippen molar-refractivity contribution in [3.8, 4) is 0 Å². The number of ether oxygens (including phenoxy) is 2. The number of esters is 2. The summed E-state index contributed by atoms with van der Waals surface area (Å²) in [5.41, 5.74) is 0. The van der Waals surface area contributed by atoms with E-state index in [0.717, 1.165) is 25.7 Å². The van der Waals surface area contributed by atoms with Crippen LogP contribution in [0.25, 0.3) is 0 Å². The summed E-state index contributed by atoms with van der Waals surface area (Å²) in [7, 11) is 0. The second kappa shape index (κ2) is 42.1. The molecule has 0 rings (SSSR count). The molecular weight excluding hydrogens is 592 g/mol. The van der Waals surface area contributed by atoms with E-state index in [1.807, 2.05) is 0 Å². The third-order valence-electron chi connectivity index (χ3n) is 10.0. The lowest BCUT2D eigenvalue weighted by atomic mass is 10.0. The first kappa shape index (κ1) is 49.1. The van der Waals surface area contributed by atoms with E-state index in [9.17, 15) is 9.59 Å². The van der Waals surface area contributed by atoms with Crippen LogP contribution in [-0.2, 0) is 19.1 Å². The smallest absolute Gasteiger partial charge is 0.305 e.